The third-order valence-corrected chi connectivity index (χ3v) is 2.78. The number of nitrogen functional groups attached to an aromatic ring is 1. The predicted molar refractivity (Wildman–Crippen MR) is 73.8 cm³/mol. The van der Waals surface area contributed by atoms with Gasteiger partial charge >= 0.3 is 0 Å². The second kappa shape index (κ2) is 6.05. The van der Waals surface area contributed by atoms with Crippen LogP contribution in [0.4, 0.5) is 5.69 Å². The van der Waals surface area contributed by atoms with Gasteiger partial charge in [-0.25, -0.2) is 0 Å². The fraction of sp³-hybridized carbons (Fsp3) is 0.267. The number of aromatic nitrogens is 1. The van der Waals surface area contributed by atoms with Crippen molar-refractivity contribution in [2.45, 2.75) is 26.2 Å². The summed E-state index contributed by atoms with van der Waals surface area (Å²) in [5, 5.41) is 0. The first-order valence-electron chi connectivity index (χ1n) is 6.26. The van der Waals surface area contributed by atoms with E-state index in [2.05, 4.69) is 24.0 Å². The molecule has 3 nitrogen and oxygen atoms in total. The first kappa shape index (κ1) is 12.4. The van der Waals surface area contributed by atoms with Gasteiger partial charge in [0.1, 0.15) is 5.75 Å². The zero-order valence-electron chi connectivity index (χ0n) is 10.6. The molecule has 0 bridgehead atoms. The third-order valence-electron chi connectivity index (χ3n) is 2.78. The lowest BCUT2D eigenvalue weighted by Crippen LogP contribution is -1.93. The lowest BCUT2D eigenvalue weighted by atomic mass is 10.1. The van der Waals surface area contributed by atoms with E-state index in [0.29, 0.717) is 11.4 Å². The summed E-state index contributed by atoms with van der Waals surface area (Å²) < 4.78 is 5.70. The number of rotatable bonds is 5. The number of hydrogen-bond donors (Lipinski definition) is 1. The molecule has 0 aliphatic carbocycles. The van der Waals surface area contributed by atoms with Gasteiger partial charge in [-0.15, -0.1) is 0 Å². The second-order valence-corrected chi connectivity index (χ2v) is 4.26. The first-order valence-corrected chi connectivity index (χ1v) is 6.26. The number of anilines is 1. The average Bonchev–Trinajstić information content (AvgIpc) is 2.41. The van der Waals surface area contributed by atoms with Crippen molar-refractivity contribution in [3.63, 3.8) is 0 Å². The number of nitrogens with zero attached hydrogens (tertiary/aromatic N) is 1. The Bertz CT molecular complexity index is 494. The van der Waals surface area contributed by atoms with Crippen LogP contribution in [0.5, 0.6) is 11.5 Å². The zero-order valence-corrected chi connectivity index (χ0v) is 10.6. The van der Waals surface area contributed by atoms with E-state index in [0.717, 1.165) is 12.2 Å². The van der Waals surface area contributed by atoms with Crippen molar-refractivity contribution < 1.29 is 4.74 Å². The Kier molecular flexibility index (Phi) is 4.18. The largest absolute Gasteiger partial charge is 0.455 e. The van der Waals surface area contributed by atoms with Gasteiger partial charge in [0.2, 0.25) is 0 Å². The number of benzene rings is 1. The third kappa shape index (κ3) is 3.23. The van der Waals surface area contributed by atoms with Crippen LogP contribution in [-0.4, -0.2) is 4.98 Å². The molecule has 0 aliphatic rings. The topological polar surface area (TPSA) is 48.1 Å². The Morgan fingerprint density at radius 3 is 2.61 bits per heavy atom. The lowest BCUT2D eigenvalue weighted by Gasteiger charge is -2.08. The maximum Gasteiger partial charge on any atom is 0.153 e. The Balaban J connectivity index is 2.04. The van der Waals surface area contributed by atoms with Crippen molar-refractivity contribution in [2.24, 2.45) is 0 Å². The molecule has 94 valence electrons. The number of pyridine rings is 1. The van der Waals surface area contributed by atoms with E-state index in [4.69, 9.17) is 10.5 Å². The van der Waals surface area contributed by atoms with Crippen molar-refractivity contribution in [1.29, 1.82) is 0 Å². The summed E-state index contributed by atoms with van der Waals surface area (Å²) in [5.74, 6) is 1.44. The highest BCUT2D eigenvalue weighted by Crippen LogP contribution is 2.26. The summed E-state index contributed by atoms with van der Waals surface area (Å²) in [6.45, 7) is 2.20. The molecule has 0 spiro atoms. The van der Waals surface area contributed by atoms with Gasteiger partial charge in [-0.05, 0) is 30.5 Å². The van der Waals surface area contributed by atoms with E-state index in [9.17, 15) is 0 Å². The Hall–Kier alpha value is -2.03. The molecule has 0 fully saturated rings. The van der Waals surface area contributed by atoms with Crippen LogP contribution in [0.15, 0.2) is 42.7 Å². The summed E-state index contributed by atoms with van der Waals surface area (Å²) in [5.41, 5.74) is 7.66. The molecule has 0 atom stereocenters. The molecule has 1 heterocycles. The smallest absolute Gasteiger partial charge is 0.153 e. The predicted octanol–water partition coefficient (Wildman–Crippen LogP) is 3.80. The van der Waals surface area contributed by atoms with E-state index in [1.807, 2.05) is 12.1 Å². The van der Waals surface area contributed by atoms with Crippen LogP contribution in [0.3, 0.4) is 0 Å². The monoisotopic (exact) mass is 242 g/mol. The maximum absolute atomic E-state index is 5.78. The molecule has 1 aromatic heterocycles. The van der Waals surface area contributed by atoms with E-state index >= 15 is 0 Å². The normalized spacial score (nSPS) is 10.3. The fourth-order valence-electron chi connectivity index (χ4n) is 1.72. The van der Waals surface area contributed by atoms with Gasteiger partial charge in [0.25, 0.3) is 0 Å². The molecule has 1 aromatic carbocycles. The summed E-state index contributed by atoms with van der Waals surface area (Å²) >= 11 is 0. The van der Waals surface area contributed by atoms with Crippen molar-refractivity contribution >= 4 is 5.69 Å². The highest BCUT2D eigenvalue weighted by atomic mass is 16.5. The number of aryl methyl sites for hydroxylation is 1. The Morgan fingerprint density at radius 1 is 1.17 bits per heavy atom. The highest BCUT2D eigenvalue weighted by molar-refractivity contribution is 5.51. The van der Waals surface area contributed by atoms with E-state index < -0.39 is 0 Å². The van der Waals surface area contributed by atoms with Crippen molar-refractivity contribution in [3.05, 3.63) is 48.3 Å². The minimum Gasteiger partial charge on any atom is -0.455 e. The van der Waals surface area contributed by atoms with Gasteiger partial charge in [0, 0.05) is 12.3 Å². The lowest BCUT2D eigenvalue weighted by molar-refractivity contribution is 0.484. The molecular weight excluding hydrogens is 224 g/mol. The summed E-state index contributed by atoms with van der Waals surface area (Å²) in [6.07, 6.45) is 6.81. The van der Waals surface area contributed by atoms with Gasteiger partial charge in [-0.2, -0.15) is 0 Å². The summed E-state index contributed by atoms with van der Waals surface area (Å²) in [6, 6.07) is 9.92. The maximum atomic E-state index is 5.78. The quantitative estimate of drug-likeness (QED) is 0.867. The SMILES string of the molecule is CCCCc1ccc(Oc2ccncc2N)cc1. The van der Waals surface area contributed by atoms with Crippen molar-refractivity contribution in [2.75, 3.05) is 5.73 Å². The minimum atomic E-state index is 0.549. The molecule has 0 radical (unpaired) electrons. The van der Waals surface area contributed by atoms with Crippen molar-refractivity contribution in [1.82, 2.24) is 4.98 Å². The van der Waals surface area contributed by atoms with Gasteiger partial charge in [0.05, 0.1) is 11.9 Å². The van der Waals surface area contributed by atoms with Crippen LogP contribution in [0.1, 0.15) is 25.3 Å². The molecule has 2 N–H and O–H groups in total. The molecule has 2 aromatic rings. The van der Waals surface area contributed by atoms with Gasteiger partial charge < -0.3 is 10.5 Å². The van der Waals surface area contributed by atoms with E-state index in [1.165, 1.54) is 18.4 Å². The average molecular weight is 242 g/mol. The number of ether oxygens (including phenoxy) is 1. The van der Waals surface area contributed by atoms with Gasteiger partial charge in [-0.1, -0.05) is 25.5 Å². The van der Waals surface area contributed by atoms with Crippen LogP contribution >= 0.6 is 0 Å². The molecule has 0 saturated heterocycles. The molecule has 3 heteroatoms. The molecule has 0 amide bonds. The molecule has 0 aliphatic heterocycles. The minimum absolute atomic E-state index is 0.549. The van der Waals surface area contributed by atoms with Crippen LogP contribution in [0.25, 0.3) is 0 Å². The Morgan fingerprint density at radius 2 is 1.94 bits per heavy atom. The number of hydrogen-bond acceptors (Lipinski definition) is 3. The van der Waals surface area contributed by atoms with Crippen LogP contribution < -0.4 is 10.5 Å². The van der Waals surface area contributed by atoms with E-state index in [-0.39, 0.29) is 0 Å². The first-order chi connectivity index (χ1) is 8.79. The molecule has 0 unspecified atom stereocenters. The number of unbranched alkanes of at least 4 members (excludes halogenated alkanes) is 1. The Labute approximate surface area is 108 Å². The van der Waals surface area contributed by atoms with Crippen LogP contribution in [0, 0.1) is 0 Å². The number of nitrogens with two attached hydrogens (primary N) is 1. The van der Waals surface area contributed by atoms with Crippen LogP contribution in [0.2, 0.25) is 0 Å². The zero-order chi connectivity index (χ0) is 12.8. The van der Waals surface area contributed by atoms with Gasteiger partial charge in [-0.3, -0.25) is 4.98 Å². The molecular formula is C15H18N2O. The summed E-state index contributed by atoms with van der Waals surface area (Å²) in [7, 11) is 0. The fourth-order valence-corrected chi connectivity index (χ4v) is 1.72. The molecule has 2 rings (SSSR count). The van der Waals surface area contributed by atoms with Crippen LogP contribution in [-0.2, 0) is 6.42 Å². The molecule has 18 heavy (non-hydrogen) atoms. The highest BCUT2D eigenvalue weighted by Gasteiger charge is 2.01. The van der Waals surface area contributed by atoms with Gasteiger partial charge in [0.15, 0.2) is 5.75 Å². The summed E-state index contributed by atoms with van der Waals surface area (Å²) in [4.78, 5) is 3.93. The standard InChI is InChI=1S/C15H18N2O/c1-2-3-4-12-5-7-13(8-6-12)18-15-9-10-17-11-14(15)16/h5-11H,2-4,16H2,1H3. The van der Waals surface area contributed by atoms with Crippen molar-refractivity contribution in [3.8, 4) is 11.5 Å². The molecule has 0 saturated carbocycles. The second-order valence-electron chi connectivity index (χ2n) is 4.26. The van der Waals surface area contributed by atoms with E-state index in [1.54, 1.807) is 18.5 Å².